The van der Waals surface area contributed by atoms with E-state index in [1.165, 1.54) is 6.07 Å². The highest BCUT2D eigenvalue weighted by molar-refractivity contribution is 6.31. The monoisotopic (exact) mass is 216 g/mol. The molecule has 1 aromatic heterocycles. The van der Waals surface area contributed by atoms with Crippen molar-refractivity contribution in [2.75, 3.05) is 0 Å². The van der Waals surface area contributed by atoms with Gasteiger partial charge in [-0.15, -0.1) is 0 Å². The smallest absolute Gasteiger partial charge is 0.266 e. The Hall–Kier alpha value is -1.54. The van der Waals surface area contributed by atoms with Crippen molar-refractivity contribution in [2.24, 2.45) is 0 Å². The molecule has 14 heavy (non-hydrogen) atoms. The van der Waals surface area contributed by atoms with Crippen LogP contribution in [0.4, 0.5) is 8.78 Å². The first kappa shape index (κ1) is 10.5. The quantitative estimate of drug-likeness (QED) is 0.713. The predicted molar refractivity (Wildman–Crippen MR) is 44.3 cm³/mol. The van der Waals surface area contributed by atoms with Gasteiger partial charge in [-0.2, -0.15) is 5.26 Å². The zero-order valence-corrected chi connectivity index (χ0v) is 7.42. The summed E-state index contributed by atoms with van der Waals surface area (Å²) in [7, 11) is 0. The van der Waals surface area contributed by atoms with Crippen molar-refractivity contribution < 1.29 is 13.6 Å². The molecule has 1 rings (SSSR count). The normalized spacial score (nSPS) is 9.93. The summed E-state index contributed by atoms with van der Waals surface area (Å²) in [4.78, 5) is 13.8. The number of carbonyl (C=O) groups is 1. The summed E-state index contributed by atoms with van der Waals surface area (Å²) in [5.41, 5.74) is -1.44. The first-order valence-electron chi connectivity index (χ1n) is 3.43. The summed E-state index contributed by atoms with van der Waals surface area (Å²) in [6.45, 7) is 0. The van der Waals surface area contributed by atoms with E-state index >= 15 is 0 Å². The highest BCUT2D eigenvalue weighted by atomic mass is 35.5. The van der Waals surface area contributed by atoms with Crippen molar-refractivity contribution in [3.8, 4) is 6.07 Å². The van der Waals surface area contributed by atoms with Crippen LogP contribution in [0.1, 0.15) is 28.0 Å². The van der Waals surface area contributed by atoms with E-state index in [2.05, 4.69) is 4.98 Å². The second-order valence-electron chi connectivity index (χ2n) is 2.31. The lowest BCUT2D eigenvalue weighted by molar-refractivity contribution is 0.111. The van der Waals surface area contributed by atoms with Crippen LogP contribution >= 0.6 is 11.6 Å². The van der Waals surface area contributed by atoms with Crippen molar-refractivity contribution in [1.29, 1.82) is 5.26 Å². The van der Waals surface area contributed by atoms with Crippen LogP contribution < -0.4 is 0 Å². The third-order valence-corrected chi connectivity index (χ3v) is 1.84. The second-order valence-corrected chi connectivity index (χ2v) is 2.72. The summed E-state index contributed by atoms with van der Waals surface area (Å²) < 4.78 is 24.8. The molecule has 0 aliphatic rings. The van der Waals surface area contributed by atoms with Crippen LogP contribution in [-0.4, -0.2) is 11.3 Å². The minimum absolute atomic E-state index is 0.237. The third kappa shape index (κ3) is 1.70. The molecule has 0 saturated heterocycles. The Labute approximate surface area is 82.9 Å². The fourth-order valence-corrected chi connectivity index (χ4v) is 1.16. The van der Waals surface area contributed by atoms with Gasteiger partial charge in [-0.3, -0.25) is 9.78 Å². The molecule has 0 aliphatic carbocycles. The highest BCUT2D eigenvalue weighted by Crippen LogP contribution is 2.30. The fraction of sp³-hybridized carbons (Fsp3) is 0.125. The van der Waals surface area contributed by atoms with Gasteiger partial charge in [-0.25, -0.2) is 8.78 Å². The maximum Gasteiger partial charge on any atom is 0.266 e. The lowest BCUT2D eigenvalue weighted by Crippen LogP contribution is -2.00. The van der Waals surface area contributed by atoms with E-state index in [1.807, 2.05) is 0 Å². The Morgan fingerprint density at radius 1 is 1.64 bits per heavy atom. The molecule has 0 aromatic carbocycles. The molecular weight excluding hydrogens is 214 g/mol. The number of carbonyl (C=O) groups excluding carboxylic acids is 1. The number of rotatable bonds is 2. The number of halogens is 3. The maximum absolute atomic E-state index is 12.4. The minimum Gasteiger partial charge on any atom is -0.296 e. The van der Waals surface area contributed by atoms with Gasteiger partial charge in [-0.05, 0) is 0 Å². The van der Waals surface area contributed by atoms with Crippen LogP contribution in [0.25, 0.3) is 0 Å². The van der Waals surface area contributed by atoms with E-state index in [4.69, 9.17) is 16.9 Å². The maximum atomic E-state index is 12.4. The van der Waals surface area contributed by atoms with Gasteiger partial charge in [0.25, 0.3) is 6.43 Å². The van der Waals surface area contributed by atoms with Gasteiger partial charge in [-0.1, -0.05) is 11.6 Å². The molecule has 0 saturated carbocycles. The van der Waals surface area contributed by atoms with Crippen molar-refractivity contribution in [3.63, 3.8) is 0 Å². The molecular formula is C8H3ClF2N2O. The molecule has 0 radical (unpaired) electrons. The van der Waals surface area contributed by atoms with Gasteiger partial charge in [0.1, 0.15) is 11.8 Å². The molecule has 0 amide bonds. The third-order valence-electron chi connectivity index (χ3n) is 1.54. The molecule has 6 heteroatoms. The Balaban J connectivity index is 3.52. The van der Waals surface area contributed by atoms with E-state index < -0.39 is 17.6 Å². The van der Waals surface area contributed by atoms with E-state index in [9.17, 15) is 13.6 Å². The number of alkyl halides is 2. The summed E-state index contributed by atoms with van der Waals surface area (Å²) in [5, 5.41) is 8.25. The van der Waals surface area contributed by atoms with Gasteiger partial charge < -0.3 is 0 Å². The number of aromatic nitrogens is 1. The van der Waals surface area contributed by atoms with Gasteiger partial charge in [0.05, 0.1) is 16.1 Å². The molecule has 0 bridgehead atoms. The molecule has 0 fully saturated rings. The number of hydrogen-bond acceptors (Lipinski definition) is 3. The Morgan fingerprint density at radius 2 is 2.29 bits per heavy atom. The first-order chi connectivity index (χ1) is 6.61. The molecule has 0 unspecified atom stereocenters. The Bertz CT molecular complexity index is 415. The van der Waals surface area contributed by atoms with Gasteiger partial charge in [0, 0.05) is 6.20 Å². The van der Waals surface area contributed by atoms with E-state index in [1.54, 1.807) is 0 Å². The zero-order chi connectivity index (χ0) is 10.7. The highest BCUT2D eigenvalue weighted by Gasteiger charge is 2.20. The first-order valence-corrected chi connectivity index (χ1v) is 3.81. The van der Waals surface area contributed by atoms with Crippen LogP contribution in [0.2, 0.25) is 5.02 Å². The topological polar surface area (TPSA) is 53.8 Å². The molecule has 1 heterocycles. The Kier molecular flexibility index (Phi) is 3.10. The minimum atomic E-state index is -2.90. The fourth-order valence-electron chi connectivity index (χ4n) is 0.938. The molecule has 0 spiro atoms. The molecule has 1 aromatic rings. The van der Waals surface area contributed by atoms with Crippen LogP contribution in [-0.2, 0) is 0 Å². The van der Waals surface area contributed by atoms with E-state index in [0.717, 1.165) is 6.20 Å². The zero-order valence-electron chi connectivity index (χ0n) is 6.67. The second kappa shape index (κ2) is 4.11. The van der Waals surface area contributed by atoms with Crippen molar-refractivity contribution >= 4 is 17.9 Å². The Morgan fingerprint density at radius 3 is 2.71 bits per heavy atom. The number of hydrogen-bond donors (Lipinski definition) is 0. The van der Waals surface area contributed by atoms with Crippen LogP contribution in [0.5, 0.6) is 0 Å². The molecule has 3 nitrogen and oxygen atoms in total. The molecule has 0 N–H and O–H groups in total. The number of pyridine rings is 1. The largest absolute Gasteiger partial charge is 0.296 e. The van der Waals surface area contributed by atoms with Gasteiger partial charge in [0.2, 0.25) is 0 Å². The average Bonchev–Trinajstić information content (AvgIpc) is 2.16. The average molecular weight is 217 g/mol. The van der Waals surface area contributed by atoms with Gasteiger partial charge >= 0.3 is 0 Å². The number of nitrogens with zero attached hydrogens (tertiary/aromatic N) is 2. The van der Waals surface area contributed by atoms with Crippen LogP contribution in [0.15, 0.2) is 6.20 Å². The molecule has 0 aliphatic heterocycles. The summed E-state index contributed by atoms with van der Waals surface area (Å²) in [6, 6.07) is 1.48. The standard InChI is InChI=1S/C8H3ClF2N2O/c9-5-2-13-6(3-14)4(1-12)7(5)8(10)11/h2-3,8H. The van der Waals surface area contributed by atoms with E-state index in [0.29, 0.717) is 0 Å². The van der Waals surface area contributed by atoms with Crippen molar-refractivity contribution in [1.82, 2.24) is 4.98 Å². The lowest BCUT2D eigenvalue weighted by Gasteiger charge is -2.05. The number of nitriles is 1. The van der Waals surface area contributed by atoms with Crippen molar-refractivity contribution in [2.45, 2.75) is 6.43 Å². The van der Waals surface area contributed by atoms with Crippen LogP contribution in [0, 0.1) is 11.3 Å². The predicted octanol–water partition coefficient (Wildman–Crippen LogP) is 2.36. The molecule has 72 valence electrons. The van der Waals surface area contributed by atoms with Crippen LogP contribution in [0.3, 0.4) is 0 Å². The molecule has 0 atom stereocenters. The van der Waals surface area contributed by atoms with Crippen molar-refractivity contribution in [3.05, 3.63) is 28.0 Å². The number of aldehydes is 1. The van der Waals surface area contributed by atoms with E-state index in [-0.39, 0.29) is 17.0 Å². The summed E-state index contributed by atoms with van der Waals surface area (Å²) >= 11 is 5.42. The summed E-state index contributed by atoms with van der Waals surface area (Å²) in [5.74, 6) is 0. The lowest BCUT2D eigenvalue weighted by atomic mass is 10.1. The summed E-state index contributed by atoms with van der Waals surface area (Å²) in [6.07, 6.45) is -1.74. The SMILES string of the molecule is N#Cc1c(C=O)ncc(Cl)c1C(F)F. The van der Waals surface area contributed by atoms with Gasteiger partial charge in [0.15, 0.2) is 6.29 Å².